The minimum absolute atomic E-state index is 0.113. The quantitative estimate of drug-likeness (QED) is 0.922. The molecule has 2 unspecified atom stereocenters. The number of nitrogens with one attached hydrogen (secondary N) is 1. The molecule has 0 radical (unpaired) electrons. The Morgan fingerprint density at radius 3 is 3.05 bits per heavy atom. The Morgan fingerprint density at radius 2 is 2.23 bits per heavy atom. The van der Waals surface area contributed by atoms with Gasteiger partial charge in [0.15, 0.2) is 0 Å². The first-order valence-electron chi connectivity index (χ1n) is 7.25. The van der Waals surface area contributed by atoms with Crippen LogP contribution in [0.5, 0.6) is 0 Å². The second-order valence-electron chi connectivity index (χ2n) is 5.46. The number of carbonyl (C=O) groups is 1. The highest BCUT2D eigenvalue weighted by molar-refractivity contribution is 5.82. The van der Waals surface area contributed by atoms with Crippen LogP contribution < -0.4 is 5.32 Å². The maximum Gasteiger partial charge on any atom is 0.345 e. The molecule has 1 aliphatic carbocycles. The van der Waals surface area contributed by atoms with E-state index in [1.54, 1.807) is 10.9 Å². The van der Waals surface area contributed by atoms with Crippen molar-refractivity contribution in [3.05, 3.63) is 30.5 Å². The van der Waals surface area contributed by atoms with Crippen molar-refractivity contribution in [2.24, 2.45) is 0 Å². The summed E-state index contributed by atoms with van der Waals surface area (Å²) in [5.74, 6) is -0.170. The lowest BCUT2D eigenvalue weighted by molar-refractivity contribution is -0.160. The van der Waals surface area contributed by atoms with Gasteiger partial charge >= 0.3 is 6.61 Å². The van der Waals surface area contributed by atoms with E-state index in [-0.39, 0.29) is 18.5 Å². The molecule has 0 bridgehead atoms. The fourth-order valence-corrected chi connectivity index (χ4v) is 2.90. The molecule has 1 fully saturated rings. The van der Waals surface area contributed by atoms with Crippen LogP contribution in [0.3, 0.4) is 0 Å². The van der Waals surface area contributed by atoms with E-state index in [9.17, 15) is 13.6 Å². The van der Waals surface area contributed by atoms with Gasteiger partial charge < -0.3 is 10.1 Å². The summed E-state index contributed by atoms with van der Waals surface area (Å²) in [4.78, 5) is 12.1. The Kier molecular flexibility index (Phi) is 4.33. The number of amides is 1. The van der Waals surface area contributed by atoms with Gasteiger partial charge in [-0.1, -0.05) is 18.2 Å². The molecule has 0 spiro atoms. The summed E-state index contributed by atoms with van der Waals surface area (Å²) in [6.07, 6.45) is 2.86. The van der Waals surface area contributed by atoms with Crippen molar-refractivity contribution >= 4 is 16.8 Å². The van der Waals surface area contributed by atoms with Gasteiger partial charge in [-0.3, -0.25) is 9.48 Å². The number of ether oxygens (including phenoxy) is 1. The largest absolute Gasteiger partial charge is 0.352 e. The number of nitrogens with zero attached hydrogens (tertiary/aromatic N) is 2. The highest BCUT2D eigenvalue weighted by Crippen LogP contribution is 2.24. The molecule has 1 saturated carbocycles. The topological polar surface area (TPSA) is 56.2 Å². The Bertz CT molecular complexity index is 659. The predicted octanol–water partition coefficient (Wildman–Crippen LogP) is 2.31. The van der Waals surface area contributed by atoms with Crippen molar-refractivity contribution in [2.75, 3.05) is 0 Å². The van der Waals surface area contributed by atoms with Crippen LogP contribution in [0.15, 0.2) is 30.5 Å². The number of hydrogen-bond acceptors (Lipinski definition) is 3. The van der Waals surface area contributed by atoms with E-state index in [0.717, 1.165) is 10.9 Å². The van der Waals surface area contributed by atoms with Crippen LogP contribution in [0, 0.1) is 0 Å². The molecule has 22 heavy (non-hydrogen) atoms. The number of halogens is 2. The summed E-state index contributed by atoms with van der Waals surface area (Å²) in [7, 11) is 0. The normalized spacial score (nSPS) is 21.6. The molecule has 3 rings (SSSR count). The minimum atomic E-state index is -2.75. The number of benzene rings is 1. The molecule has 1 amide bonds. The van der Waals surface area contributed by atoms with Crippen LogP contribution in [0.4, 0.5) is 8.78 Å². The van der Waals surface area contributed by atoms with Gasteiger partial charge in [0.05, 0.1) is 17.8 Å². The van der Waals surface area contributed by atoms with Crippen LogP contribution in [-0.2, 0) is 16.1 Å². The number of alkyl halides is 2. The lowest BCUT2D eigenvalue weighted by Gasteiger charge is -2.14. The van der Waals surface area contributed by atoms with Gasteiger partial charge in [-0.2, -0.15) is 13.9 Å². The lowest BCUT2D eigenvalue weighted by Crippen LogP contribution is -2.36. The van der Waals surface area contributed by atoms with E-state index in [4.69, 9.17) is 0 Å². The molecule has 2 atom stereocenters. The van der Waals surface area contributed by atoms with Crippen LogP contribution in [0.2, 0.25) is 0 Å². The Balaban J connectivity index is 1.55. The summed E-state index contributed by atoms with van der Waals surface area (Å²) in [5, 5.41) is 8.03. The summed E-state index contributed by atoms with van der Waals surface area (Å²) in [5.41, 5.74) is 0.892. The van der Waals surface area contributed by atoms with Gasteiger partial charge in [0.2, 0.25) is 5.91 Å². The fraction of sp³-hybridized carbons (Fsp3) is 0.467. The second-order valence-corrected chi connectivity index (χ2v) is 5.46. The molecule has 1 aromatic heterocycles. The first-order valence-corrected chi connectivity index (χ1v) is 7.25. The van der Waals surface area contributed by atoms with E-state index >= 15 is 0 Å². The molecule has 118 valence electrons. The minimum Gasteiger partial charge on any atom is -0.352 e. The maximum absolute atomic E-state index is 12.2. The molecule has 0 aliphatic heterocycles. The van der Waals surface area contributed by atoms with Crippen LogP contribution in [0.25, 0.3) is 10.9 Å². The molecule has 1 heterocycles. The third kappa shape index (κ3) is 3.41. The summed E-state index contributed by atoms with van der Waals surface area (Å²) in [6, 6.07) is 7.52. The molecule has 7 heteroatoms. The Labute approximate surface area is 126 Å². The monoisotopic (exact) mass is 309 g/mol. The SMILES string of the molecule is O=C(Cn1ncc2ccccc21)NC1CCC(OC(F)F)C1. The van der Waals surface area contributed by atoms with Crippen molar-refractivity contribution < 1.29 is 18.3 Å². The molecule has 1 N–H and O–H groups in total. The first-order chi connectivity index (χ1) is 10.6. The summed E-state index contributed by atoms with van der Waals surface area (Å²) >= 11 is 0. The number of hydrogen-bond donors (Lipinski definition) is 1. The second kappa shape index (κ2) is 6.39. The highest BCUT2D eigenvalue weighted by Gasteiger charge is 2.28. The van der Waals surface area contributed by atoms with Gasteiger partial charge in [0.25, 0.3) is 0 Å². The molecular formula is C15H17F2N3O2. The molecule has 5 nitrogen and oxygen atoms in total. The Morgan fingerprint density at radius 1 is 1.41 bits per heavy atom. The third-order valence-electron chi connectivity index (χ3n) is 3.89. The lowest BCUT2D eigenvalue weighted by atomic mass is 10.2. The van der Waals surface area contributed by atoms with Crippen LogP contribution in [0.1, 0.15) is 19.3 Å². The zero-order valence-corrected chi connectivity index (χ0v) is 11.9. The number of aromatic nitrogens is 2. The zero-order valence-electron chi connectivity index (χ0n) is 11.9. The van der Waals surface area contributed by atoms with Gasteiger partial charge in [0, 0.05) is 11.4 Å². The standard InChI is InChI=1S/C15H17F2N3O2/c16-15(17)22-12-6-5-11(7-12)19-14(21)9-20-13-4-2-1-3-10(13)8-18-20/h1-4,8,11-12,15H,5-7,9H2,(H,19,21). The zero-order chi connectivity index (χ0) is 15.5. The number of fused-ring (bicyclic) bond motifs is 1. The van der Waals surface area contributed by atoms with Crippen molar-refractivity contribution in [1.29, 1.82) is 0 Å². The maximum atomic E-state index is 12.2. The summed E-state index contributed by atoms with van der Waals surface area (Å²) in [6.45, 7) is -2.64. The smallest absolute Gasteiger partial charge is 0.345 e. The van der Waals surface area contributed by atoms with Crippen molar-refractivity contribution in [3.63, 3.8) is 0 Å². The summed E-state index contributed by atoms with van der Waals surface area (Å²) < 4.78 is 30.4. The predicted molar refractivity (Wildman–Crippen MR) is 76.4 cm³/mol. The van der Waals surface area contributed by atoms with Crippen LogP contribution in [-0.4, -0.2) is 34.4 Å². The number of rotatable bonds is 5. The van der Waals surface area contributed by atoms with Crippen molar-refractivity contribution in [2.45, 2.75) is 44.6 Å². The molecule has 2 aromatic rings. The number of para-hydroxylation sites is 1. The fourth-order valence-electron chi connectivity index (χ4n) is 2.90. The van der Waals surface area contributed by atoms with E-state index in [0.29, 0.717) is 19.3 Å². The first kappa shape index (κ1) is 14.9. The van der Waals surface area contributed by atoms with Gasteiger partial charge in [0.1, 0.15) is 6.54 Å². The van der Waals surface area contributed by atoms with Crippen LogP contribution >= 0.6 is 0 Å². The van der Waals surface area contributed by atoms with E-state index in [1.165, 1.54) is 0 Å². The third-order valence-corrected chi connectivity index (χ3v) is 3.89. The van der Waals surface area contributed by atoms with Crippen molar-refractivity contribution in [1.82, 2.24) is 15.1 Å². The van der Waals surface area contributed by atoms with E-state index in [1.807, 2.05) is 24.3 Å². The van der Waals surface area contributed by atoms with E-state index in [2.05, 4.69) is 15.2 Å². The molecule has 1 aliphatic rings. The van der Waals surface area contributed by atoms with Gasteiger partial charge in [-0.25, -0.2) is 0 Å². The van der Waals surface area contributed by atoms with E-state index < -0.39 is 12.7 Å². The number of carbonyl (C=O) groups excluding carboxylic acids is 1. The van der Waals surface area contributed by atoms with Gasteiger partial charge in [-0.05, 0) is 25.3 Å². The van der Waals surface area contributed by atoms with Crippen molar-refractivity contribution in [3.8, 4) is 0 Å². The molecule has 1 aromatic carbocycles. The average molecular weight is 309 g/mol. The highest BCUT2D eigenvalue weighted by atomic mass is 19.3. The Hall–Kier alpha value is -2.02. The molecule has 0 saturated heterocycles. The molecular weight excluding hydrogens is 292 g/mol. The van der Waals surface area contributed by atoms with Gasteiger partial charge in [-0.15, -0.1) is 0 Å². The average Bonchev–Trinajstić information content (AvgIpc) is 3.06.